The lowest BCUT2D eigenvalue weighted by atomic mass is 9.78. The first-order valence-corrected chi connectivity index (χ1v) is 9.75. The molecule has 2 bridgehead atoms. The molecule has 3 fully saturated rings. The Morgan fingerprint density at radius 2 is 1.67 bits per heavy atom. The Morgan fingerprint density at radius 1 is 0.952 bits per heavy atom. The van der Waals surface area contributed by atoms with Crippen LogP contribution in [0.2, 0.25) is 0 Å². The standard InChI is InChI=1S/C19H36N2/c1-3-10-20-17-12-18-8-5-9-19(13-17)21(18)14-16-7-4-6-15(2)11-16/h15-20H,3-14H2,1-2H3. The minimum absolute atomic E-state index is 0.807. The number of rotatable bonds is 5. The molecule has 2 heteroatoms. The predicted molar refractivity (Wildman–Crippen MR) is 90.6 cm³/mol. The molecule has 4 unspecified atom stereocenters. The van der Waals surface area contributed by atoms with Crippen molar-refractivity contribution in [3.05, 3.63) is 0 Å². The second-order valence-corrected chi connectivity index (χ2v) is 8.20. The van der Waals surface area contributed by atoms with Crippen LogP contribution >= 0.6 is 0 Å². The summed E-state index contributed by atoms with van der Waals surface area (Å²) in [5, 5.41) is 3.80. The molecule has 1 N–H and O–H groups in total. The summed E-state index contributed by atoms with van der Waals surface area (Å²) in [4.78, 5) is 2.95. The monoisotopic (exact) mass is 292 g/mol. The first-order valence-electron chi connectivity index (χ1n) is 9.75. The fraction of sp³-hybridized carbons (Fsp3) is 1.00. The normalized spacial score (nSPS) is 41.1. The first kappa shape index (κ1) is 15.8. The van der Waals surface area contributed by atoms with Gasteiger partial charge in [-0.1, -0.05) is 33.1 Å². The summed E-state index contributed by atoms with van der Waals surface area (Å²) in [5.74, 6) is 1.98. The highest BCUT2D eigenvalue weighted by Gasteiger charge is 2.39. The highest BCUT2D eigenvalue weighted by molar-refractivity contribution is 4.96. The summed E-state index contributed by atoms with van der Waals surface area (Å²) in [6.07, 6.45) is 14.5. The van der Waals surface area contributed by atoms with E-state index in [4.69, 9.17) is 0 Å². The molecule has 2 heterocycles. The van der Waals surface area contributed by atoms with Crippen LogP contribution in [0.15, 0.2) is 0 Å². The highest BCUT2D eigenvalue weighted by atomic mass is 15.2. The Morgan fingerprint density at radius 3 is 2.33 bits per heavy atom. The molecule has 21 heavy (non-hydrogen) atoms. The number of piperidine rings is 2. The molecule has 122 valence electrons. The van der Waals surface area contributed by atoms with Gasteiger partial charge in [-0.25, -0.2) is 0 Å². The van der Waals surface area contributed by atoms with Crippen molar-refractivity contribution < 1.29 is 0 Å². The van der Waals surface area contributed by atoms with Crippen LogP contribution in [0.4, 0.5) is 0 Å². The van der Waals surface area contributed by atoms with Crippen molar-refractivity contribution in [2.75, 3.05) is 13.1 Å². The second-order valence-electron chi connectivity index (χ2n) is 8.20. The van der Waals surface area contributed by atoms with E-state index in [0.717, 1.165) is 30.0 Å². The van der Waals surface area contributed by atoms with Gasteiger partial charge in [-0.15, -0.1) is 0 Å². The van der Waals surface area contributed by atoms with Crippen molar-refractivity contribution in [1.29, 1.82) is 0 Å². The Hall–Kier alpha value is -0.0800. The van der Waals surface area contributed by atoms with Gasteiger partial charge in [0.05, 0.1) is 0 Å². The number of nitrogens with one attached hydrogen (secondary N) is 1. The van der Waals surface area contributed by atoms with Gasteiger partial charge in [0.25, 0.3) is 0 Å². The molecule has 1 saturated carbocycles. The Labute approximate surface area is 132 Å². The fourth-order valence-electron chi connectivity index (χ4n) is 5.32. The van der Waals surface area contributed by atoms with Crippen LogP contribution in [0.3, 0.4) is 0 Å². The van der Waals surface area contributed by atoms with E-state index in [1.807, 2.05) is 0 Å². The van der Waals surface area contributed by atoms with Crippen LogP contribution in [0.5, 0.6) is 0 Å². The van der Waals surface area contributed by atoms with E-state index >= 15 is 0 Å². The molecule has 2 saturated heterocycles. The van der Waals surface area contributed by atoms with Crippen LogP contribution in [-0.4, -0.2) is 36.1 Å². The van der Waals surface area contributed by atoms with E-state index in [9.17, 15) is 0 Å². The summed E-state index contributed by atoms with van der Waals surface area (Å²) in [5.41, 5.74) is 0. The van der Waals surface area contributed by atoms with Crippen LogP contribution in [-0.2, 0) is 0 Å². The molecule has 4 atom stereocenters. The number of nitrogens with zero attached hydrogens (tertiary/aromatic N) is 1. The smallest absolute Gasteiger partial charge is 0.0113 e. The van der Waals surface area contributed by atoms with Gasteiger partial charge in [-0.05, 0) is 63.3 Å². The first-order chi connectivity index (χ1) is 10.3. The average molecular weight is 293 g/mol. The number of hydrogen-bond acceptors (Lipinski definition) is 2. The third-order valence-electron chi connectivity index (χ3n) is 6.32. The molecule has 2 nitrogen and oxygen atoms in total. The van der Waals surface area contributed by atoms with Gasteiger partial charge in [0.1, 0.15) is 0 Å². The molecule has 3 rings (SSSR count). The predicted octanol–water partition coefficient (Wildman–Crippen LogP) is 4.20. The number of fused-ring (bicyclic) bond motifs is 2. The van der Waals surface area contributed by atoms with Gasteiger partial charge in [-0.3, -0.25) is 4.90 Å². The van der Waals surface area contributed by atoms with Gasteiger partial charge < -0.3 is 5.32 Å². The summed E-state index contributed by atoms with van der Waals surface area (Å²) >= 11 is 0. The third-order valence-corrected chi connectivity index (χ3v) is 6.32. The zero-order valence-electron chi connectivity index (χ0n) is 14.3. The quantitative estimate of drug-likeness (QED) is 0.817. The molecule has 2 aliphatic heterocycles. The molecule has 0 spiro atoms. The van der Waals surface area contributed by atoms with Crippen molar-refractivity contribution >= 4 is 0 Å². The average Bonchev–Trinajstić information content (AvgIpc) is 2.45. The van der Waals surface area contributed by atoms with E-state index < -0.39 is 0 Å². The van der Waals surface area contributed by atoms with Gasteiger partial charge >= 0.3 is 0 Å². The Bertz CT molecular complexity index is 303. The molecule has 0 radical (unpaired) electrons. The lowest BCUT2D eigenvalue weighted by Gasteiger charge is -2.50. The van der Waals surface area contributed by atoms with E-state index in [1.165, 1.54) is 77.3 Å². The maximum absolute atomic E-state index is 3.80. The van der Waals surface area contributed by atoms with Crippen LogP contribution < -0.4 is 5.32 Å². The number of hydrogen-bond donors (Lipinski definition) is 1. The second kappa shape index (κ2) is 7.46. The van der Waals surface area contributed by atoms with Crippen molar-refractivity contribution in [2.45, 2.75) is 96.2 Å². The third kappa shape index (κ3) is 4.01. The maximum Gasteiger partial charge on any atom is 0.0113 e. The summed E-state index contributed by atoms with van der Waals surface area (Å²) < 4.78 is 0. The molecule has 0 aromatic rings. The van der Waals surface area contributed by atoms with Crippen molar-refractivity contribution in [3.63, 3.8) is 0 Å². The van der Waals surface area contributed by atoms with Gasteiger partial charge in [-0.2, -0.15) is 0 Å². The zero-order chi connectivity index (χ0) is 14.7. The van der Waals surface area contributed by atoms with Crippen molar-refractivity contribution in [2.24, 2.45) is 11.8 Å². The van der Waals surface area contributed by atoms with Gasteiger partial charge in [0, 0.05) is 24.7 Å². The largest absolute Gasteiger partial charge is 0.314 e. The lowest BCUT2D eigenvalue weighted by Crippen LogP contribution is -2.57. The van der Waals surface area contributed by atoms with E-state index in [2.05, 4.69) is 24.1 Å². The summed E-state index contributed by atoms with van der Waals surface area (Å²) in [6, 6.07) is 2.59. The molecular weight excluding hydrogens is 256 g/mol. The van der Waals surface area contributed by atoms with Crippen molar-refractivity contribution in [1.82, 2.24) is 10.2 Å². The topological polar surface area (TPSA) is 15.3 Å². The fourth-order valence-corrected chi connectivity index (χ4v) is 5.32. The molecular formula is C19H36N2. The van der Waals surface area contributed by atoms with Crippen LogP contribution in [0, 0.1) is 11.8 Å². The van der Waals surface area contributed by atoms with Gasteiger partial charge in [0.2, 0.25) is 0 Å². The Balaban J connectivity index is 1.56. The highest BCUT2D eigenvalue weighted by Crippen LogP contribution is 2.37. The van der Waals surface area contributed by atoms with E-state index in [-0.39, 0.29) is 0 Å². The summed E-state index contributed by atoms with van der Waals surface area (Å²) in [6.45, 7) is 7.38. The Kier molecular flexibility index (Phi) is 5.61. The maximum atomic E-state index is 3.80. The van der Waals surface area contributed by atoms with Gasteiger partial charge in [0.15, 0.2) is 0 Å². The molecule has 1 aliphatic carbocycles. The molecule has 0 amide bonds. The zero-order valence-corrected chi connectivity index (χ0v) is 14.3. The lowest BCUT2D eigenvalue weighted by molar-refractivity contribution is 0.00539. The minimum Gasteiger partial charge on any atom is -0.314 e. The van der Waals surface area contributed by atoms with Crippen molar-refractivity contribution in [3.8, 4) is 0 Å². The molecule has 3 aliphatic rings. The SMILES string of the molecule is CCCNC1CC2CCCC(C1)N2CC1CCCC(C)C1. The summed E-state index contributed by atoms with van der Waals surface area (Å²) in [7, 11) is 0. The van der Waals surface area contributed by atoms with E-state index in [0.29, 0.717) is 0 Å². The molecule has 0 aromatic heterocycles. The molecule has 0 aromatic carbocycles. The van der Waals surface area contributed by atoms with Crippen LogP contribution in [0.25, 0.3) is 0 Å². The minimum atomic E-state index is 0.807. The van der Waals surface area contributed by atoms with Crippen LogP contribution in [0.1, 0.15) is 78.1 Å². The van der Waals surface area contributed by atoms with E-state index in [1.54, 1.807) is 0 Å².